The Kier molecular flexibility index (Phi) is 3.24. The highest BCUT2D eigenvalue weighted by Gasteiger charge is 2.11. The molecule has 1 nitrogen and oxygen atoms in total. The first-order valence-electron chi connectivity index (χ1n) is 3.73. The van der Waals surface area contributed by atoms with Crippen LogP contribution < -0.4 is 0 Å². The van der Waals surface area contributed by atoms with Gasteiger partial charge in [-0.3, -0.25) is 4.99 Å². The standard InChI is InChI=1S/C10H17N/c1-8(2)11-7-9(3)10(4,5)6/h7H,1,3H2,2,4-6H3. The number of aliphatic imine (C=N–C) groups is 1. The van der Waals surface area contributed by atoms with Crippen molar-refractivity contribution < 1.29 is 0 Å². The second kappa shape index (κ2) is 3.51. The molecular weight excluding hydrogens is 134 g/mol. The quantitative estimate of drug-likeness (QED) is 0.537. The van der Waals surface area contributed by atoms with Gasteiger partial charge in [-0.2, -0.15) is 0 Å². The van der Waals surface area contributed by atoms with E-state index in [2.05, 4.69) is 38.9 Å². The molecule has 11 heavy (non-hydrogen) atoms. The minimum absolute atomic E-state index is 0.110. The summed E-state index contributed by atoms with van der Waals surface area (Å²) < 4.78 is 0. The Morgan fingerprint density at radius 2 is 1.73 bits per heavy atom. The molecule has 62 valence electrons. The highest BCUT2D eigenvalue weighted by Crippen LogP contribution is 2.21. The molecule has 0 saturated carbocycles. The third-order valence-electron chi connectivity index (χ3n) is 1.40. The maximum atomic E-state index is 4.07. The van der Waals surface area contributed by atoms with Crippen LogP contribution in [0.2, 0.25) is 0 Å². The van der Waals surface area contributed by atoms with E-state index >= 15 is 0 Å². The van der Waals surface area contributed by atoms with Crippen LogP contribution in [0.5, 0.6) is 0 Å². The van der Waals surface area contributed by atoms with Gasteiger partial charge >= 0.3 is 0 Å². The van der Waals surface area contributed by atoms with E-state index in [0.717, 1.165) is 11.3 Å². The zero-order chi connectivity index (χ0) is 9.07. The summed E-state index contributed by atoms with van der Waals surface area (Å²) in [5.74, 6) is 0. The van der Waals surface area contributed by atoms with Crippen molar-refractivity contribution in [2.45, 2.75) is 27.7 Å². The Morgan fingerprint density at radius 3 is 2.00 bits per heavy atom. The predicted octanol–water partition coefficient (Wildman–Crippen LogP) is 3.19. The average molecular weight is 151 g/mol. The van der Waals surface area contributed by atoms with Gasteiger partial charge in [-0.05, 0) is 17.9 Å². The van der Waals surface area contributed by atoms with Gasteiger partial charge in [-0.25, -0.2) is 0 Å². The van der Waals surface area contributed by atoms with Crippen molar-refractivity contribution >= 4 is 6.21 Å². The topological polar surface area (TPSA) is 12.4 Å². The fourth-order valence-corrected chi connectivity index (χ4v) is 0.382. The van der Waals surface area contributed by atoms with Crippen LogP contribution in [-0.4, -0.2) is 6.21 Å². The second-order valence-electron chi connectivity index (χ2n) is 3.77. The average Bonchev–Trinajstić information content (AvgIpc) is 1.80. The molecule has 0 aliphatic carbocycles. The van der Waals surface area contributed by atoms with E-state index in [1.807, 2.05) is 6.92 Å². The molecular formula is C10H17N. The molecule has 0 spiro atoms. The first-order valence-corrected chi connectivity index (χ1v) is 3.73. The number of hydrogen-bond donors (Lipinski definition) is 0. The maximum Gasteiger partial charge on any atom is 0.0302 e. The van der Waals surface area contributed by atoms with Crippen LogP contribution in [-0.2, 0) is 0 Å². The molecule has 0 aromatic heterocycles. The highest BCUT2D eigenvalue weighted by molar-refractivity contribution is 5.79. The smallest absolute Gasteiger partial charge is 0.0302 e. The fraction of sp³-hybridized carbons (Fsp3) is 0.500. The number of allylic oxidation sites excluding steroid dienone is 2. The van der Waals surface area contributed by atoms with Crippen LogP contribution in [0.15, 0.2) is 29.4 Å². The summed E-state index contributed by atoms with van der Waals surface area (Å²) in [5.41, 5.74) is 1.95. The predicted molar refractivity (Wildman–Crippen MR) is 51.9 cm³/mol. The SMILES string of the molecule is C=C(C)N=CC(=C)C(C)(C)C. The Hall–Kier alpha value is -0.850. The van der Waals surface area contributed by atoms with Crippen molar-refractivity contribution in [1.82, 2.24) is 0 Å². The summed E-state index contributed by atoms with van der Waals surface area (Å²) in [6, 6.07) is 0. The Morgan fingerprint density at radius 1 is 1.27 bits per heavy atom. The van der Waals surface area contributed by atoms with Crippen LogP contribution in [0.4, 0.5) is 0 Å². The van der Waals surface area contributed by atoms with Crippen molar-refractivity contribution in [3.05, 3.63) is 24.4 Å². The highest BCUT2D eigenvalue weighted by atomic mass is 14.7. The molecule has 0 aliphatic heterocycles. The van der Waals surface area contributed by atoms with Gasteiger partial charge in [0.25, 0.3) is 0 Å². The summed E-state index contributed by atoms with van der Waals surface area (Å²) >= 11 is 0. The van der Waals surface area contributed by atoms with Crippen LogP contribution in [0.3, 0.4) is 0 Å². The number of nitrogens with zero attached hydrogens (tertiary/aromatic N) is 1. The van der Waals surface area contributed by atoms with Gasteiger partial charge in [0.15, 0.2) is 0 Å². The molecule has 1 heteroatoms. The van der Waals surface area contributed by atoms with E-state index in [1.165, 1.54) is 0 Å². The summed E-state index contributed by atoms with van der Waals surface area (Å²) in [6.45, 7) is 15.8. The van der Waals surface area contributed by atoms with E-state index in [-0.39, 0.29) is 5.41 Å². The zero-order valence-electron chi connectivity index (χ0n) is 7.94. The molecule has 0 bridgehead atoms. The second-order valence-corrected chi connectivity index (χ2v) is 3.77. The van der Waals surface area contributed by atoms with E-state index in [1.54, 1.807) is 6.21 Å². The fourth-order valence-electron chi connectivity index (χ4n) is 0.382. The van der Waals surface area contributed by atoms with Crippen molar-refractivity contribution in [2.24, 2.45) is 10.4 Å². The van der Waals surface area contributed by atoms with Gasteiger partial charge < -0.3 is 0 Å². The lowest BCUT2D eigenvalue weighted by Gasteiger charge is -2.17. The first kappa shape index (κ1) is 10.2. The molecule has 0 heterocycles. The van der Waals surface area contributed by atoms with Gasteiger partial charge in [0, 0.05) is 11.9 Å². The van der Waals surface area contributed by atoms with Crippen molar-refractivity contribution in [3.8, 4) is 0 Å². The lowest BCUT2D eigenvalue weighted by atomic mass is 9.88. The molecule has 0 amide bonds. The minimum Gasteiger partial charge on any atom is -0.262 e. The Balaban J connectivity index is 4.20. The van der Waals surface area contributed by atoms with Crippen molar-refractivity contribution in [2.75, 3.05) is 0 Å². The lowest BCUT2D eigenvalue weighted by Crippen LogP contribution is -2.08. The summed E-state index contributed by atoms with van der Waals surface area (Å²) in [4.78, 5) is 4.07. The van der Waals surface area contributed by atoms with Crippen LogP contribution in [0.1, 0.15) is 27.7 Å². The van der Waals surface area contributed by atoms with E-state index < -0.39 is 0 Å². The molecule has 0 rings (SSSR count). The van der Waals surface area contributed by atoms with Gasteiger partial charge in [0.1, 0.15) is 0 Å². The summed E-state index contributed by atoms with van der Waals surface area (Å²) in [7, 11) is 0. The van der Waals surface area contributed by atoms with E-state index in [9.17, 15) is 0 Å². The maximum absolute atomic E-state index is 4.07. The zero-order valence-corrected chi connectivity index (χ0v) is 7.94. The normalized spacial score (nSPS) is 12.0. The largest absolute Gasteiger partial charge is 0.262 e. The van der Waals surface area contributed by atoms with Gasteiger partial charge in [0.05, 0.1) is 0 Å². The van der Waals surface area contributed by atoms with Crippen molar-refractivity contribution in [1.29, 1.82) is 0 Å². The van der Waals surface area contributed by atoms with Crippen LogP contribution >= 0.6 is 0 Å². The number of hydrogen-bond acceptors (Lipinski definition) is 1. The molecule has 0 aromatic rings. The van der Waals surface area contributed by atoms with E-state index in [4.69, 9.17) is 0 Å². The molecule has 0 aliphatic rings. The Labute approximate surface area is 69.5 Å². The van der Waals surface area contributed by atoms with Gasteiger partial charge in [0.2, 0.25) is 0 Å². The molecule has 0 N–H and O–H groups in total. The Bertz CT molecular complexity index is 191. The lowest BCUT2D eigenvalue weighted by molar-refractivity contribution is 0.528. The molecule has 0 atom stereocenters. The molecule has 0 saturated heterocycles. The first-order chi connectivity index (χ1) is 4.84. The molecule has 0 radical (unpaired) electrons. The minimum atomic E-state index is 0.110. The molecule has 0 unspecified atom stereocenters. The van der Waals surface area contributed by atoms with Crippen molar-refractivity contribution in [3.63, 3.8) is 0 Å². The third-order valence-corrected chi connectivity index (χ3v) is 1.40. The monoisotopic (exact) mass is 151 g/mol. The van der Waals surface area contributed by atoms with E-state index in [0.29, 0.717) is 0 Å². The van der Waals surface area contributed by atoms with Gasteiger partial charge in [-0.15, -0.1) is 0 Å². The number of rotatable bonds is 2. The third kappa shape index (κ3) is 4.54. The van der Waals surface area contributed by atoms with Crippen LogP contribution in [0.25, 0.3) is 0 Å². The molecule has 0 aromatic carbocycles. The summed E-state index contributed by atoms with van der Waals surface area (Å²) in [6.07, 6.45) is 1.78. The molecule has 0 fully saturated rings. The van der Waals surface area contributed by atoms with Gasteiger partial charge in [-0.1, -0.05) is 33.9 Å². The van der Waals surface area contributed by atoms with Crippen LogP contribution in [0, 0.1) is 5.41 Å². The summed E-state index contributed by atoms with van der Waals surface area (Å²) in [5, 5.41) is 0.